The summed E-state index contributed by atoms with van der Waals surface area (Å²) in [6, 6.07) is 7.35. The van der Waals surface area contributed by atoms with Crippen molar-refractivity contribution in [3.8, 4) is 5.75 Å². The summed E-state index contributed by atoms with van der Waals surface area (Å²) in [6.07, 6.45) is 0.472. The van der Waals surface area contributed by atoms with Gasteiger partial charge in [0.25, 0.3) is 0 Å². The van der Waals surface area contributed by atoms with E-state index in [1.54, 1.807) is 7.11 Å². The molecule has 4 heteroatoms. The summed E-state index contributed by atoms with van der Waals surface area (Å²) in [5.41, 5.74) is 0.968. The molecule has 0 fully saturated rings. The first kappa shape index (κ1) is 11.0. The predicted octanol–water partition coefficient (Wildman–Crippen LogP) is 2.09. The van der Waals surface area contributed by atoms with E-state index in [2.05, 4.69) is 15.9 Å². The average Bonchev–Trinajstić information content (AvgIpc) is 2.19. The molecule has 0 saturated carbocycles. The number of carboxylic acid groups (broad SMARTS) is 1. The van der Waals surface area contributed by atoms with Crippen molar-refractivity contribution in [2.75, 3.05) is 7.11 Å². The van der Waals surface area contributed by atoms with E-state index < -0.39 is 10.8 Å². The third-order valence-corrected chi connectivity index (χ3v) is 2.56. The molecule has 0 saturated heterocycles. The molecule has 0 aliphatic heterocycles. The number of hydrogen-bond donors (Lipinski definition) is 1. The summed E-state index contributed by atoms with van der Waals surface area (Å²) in [6.45, 7) is 0. The van der Waals surface area contributed by atoms with Gasteiger partial charge in [-0.2, -0.15) is 0 Å². The number of alkyl halides is 1. The molecule has 0 radical (unpaired) electrons. The quantitative estimate of drug-likeness (QED) is 0.842. The Morgan fingerprint density at radius 3 is 2.50 bits per heavy atom. The Kier molecular flexibility index (Phi) is 3.95. The van der Waals surface area contributed by atoms with Crippen molar-refractivity contribution >= 4 is 21.9 Å². The van der Waals surface area contributed by atoms with Crippen LogP contribution in [0.1, 0.15) is 5.56 Å². The average molecular weight is 259 g/mol. The molecule has 0 spiro atoms. The van der Waals surface area contributed by atoms with Gasteiger partial charge in [-0.15, -0.1) is 0 Å². The van der Waals surface area contributed by atoms with Gasteiger partial charge in [-0.3, -0.25) is 4.79 Å². The lowest BCUT2D eigenvalue weighted by Crippen LogP contribution is -2.15. The molecule has 0 unspecified atom stereocenters. The van der Waals surface area contributed by atoms with Crippen molar-refractivity contribution in [3.05, 3.63) is 29.8 Å². The van der Waals surface area contributed by atoms with Gasteiger partial charge >= 0.3 is 5.97 Å². The van der Waals surface area contributed by atoms with Gasteiger partial charge in [0.1, 0.15) is 10.6 Å². The van der Waals surface area contributed by atoms with E-state index in [9.17, 15) is 4.79 Å². The molecule has 1 atom stereocenters. The largest absolute Gasteiger partial charge is 0.497 e. The second-order valence-corrected chi connectivity index (χ2v) is 3.96. The Labute approximate surface area is 90.8 Å². The van der Waals surface area contributed by atoms with Gasteiger partial charge in [-0.05, 0) is 24.1 Å². The Morgan fingerprint density at radius 1 is 1.50 bits per heavy atom. The predicted molar refractivity (Wildman–Crippen MR) is 57.0 cm³/mol. The van der Waals surface area contributed by atoms with E-state index in [1.807, 2.05) is 24.3 Å². The fraction of sp³-hybridized carbons (Fsp3) is 0.300. The zero-order valence-electron chi connectivity index (χ0n) is 7.74. The lowest BCUT2D eigenvalue weighted by atomic mass is 10.1. The van der Waals surface area contributed by atoms with Crippen LogP contribution in [-0.4, -0.2) is 23.0 Å². The standard InChI is InChI=1S/C10H11BrO3/c1-14-8-4-2-7(3-5-8)6-9(11)10(12)13/h2-5,9H,6H2,1H3,(H,12,13)/t9-/m0/s1. The molecule has 0 bridgehead atoms. The van der Waals surface area contributed by atoms with Crippen LogP contribution in [0, 0.1) is 0 Å². The molecule has 14 heavy (non-hydrogen) atoms. The number of ether oxygens (including phenoxy) is 1. The van der Waals surface area contributed by atoms with Crippen molar-refractivity contribution in [3.63, 3.8) is 0 Å². The van der Waals surface area contributed by atoms with E-state index in [-0.39, 0.29) is 0 Å². The number of hydrogen-bond acceptors (Lipinski definition) is 2. The maximum atomic E-state index is 10.6. The molecule has 76 valence electrons. The molecular weight excluding hydrogens is 248 g/mol. The van der Waals surface area contributed by atoms with Crippen LogP contribution in [0.3, 0.4) is 0 Å². The lowest BCUT2D eigenvalue weighted by Gasteiger charge is -2.05. The van der Waals surface area contributed by atoms with Crippen LogP contribution >= 0.6 is 15.9 Å². The Bertz CT molecular complexity index is 308. The summed E-state index contributed by atoms with van der Waals surface area (Å²) in [5, 5.41) is 8.67. The monoisotopic (exact) mass is 258 g/mol. The van der Waals surface area contributed by atoms with Crippen LogP contribution in [0.5, 0.6) is 5.75 Å². The SMILES string of the molecule is COc1ccc(C[C@H](Br)C(=O)O)cc1. The smallest absolute Gasteiger partial charge is 0.317 e. The summed E-state index contributed by atoms with van der Waals surface area (Å²) in [4.78, 5) is 10.0. The summed E-state index contributed by atoms with van der Waals surface area (Å²) in [5.74, 6) is -0.0731. The minimum absolute atomic E-state index is 0.472. The van der Waals surface area contributed by atoms with Crippen LogP contribution in [0.15, 0.2) is 24.3 Å². The fourth-order valence-electron chi connectivity index (χ4n) is 1.06. The van der Waals surface area contributed by atoms with Gasteiger partial charge in [-0.1, -0.05) is 28.1 Å². The summed E-state index contributed by atoms with van der Waals surface area (Å²) in [7, 11) is 1.60. The number of carbonyl (C=O) groups is 1. The van der Waals surface area contributed by atoms with Gasteiger partial charge in [0.05, 0.1) is 7.11 Å². The van der Waals surface area contributed by atoms with Crippen LogP contribution in [0.4, 0.5) is 0 Å². The molecular formula is C10H11BrO3. The van der Waals surface area contributed by atoms with E-state index in [4.69, 9.17) is 9.84 Å². The molecule has 0 heterocycles. The molecule has 3 nitrogen and oxygen atoms in total. The van der Waals surface area contributed by atoms with Crippen molar-refractivity contribution in [2.24, 2.45) is 0 Å². The van der Waals surface area contributed by atoms with Gasteiger partial charge in [0.2, 0.25) is 0 Å². The van der Waals surface area contributed by atoms with Crippen LogP contribution < -0.4 is 4.74 Å². The molecule has 1 aromatic carbocycles. The van der Waals surface area contributed by atoms with E-state index in [0.29, 0.717) is 6.42 Å². The molecule has 0 amide bonds. The molecule has 1 N–H and O–H groups in total. The number of methoxy groups -OCH3 is 1. The Morgan fingerprint density at radius 2 is 2.07 bits per heavy atom. The third-order valence-electron chi connectivity index (χ3n) is 1.84. The fourth-order valence-corrected chi connectivity index (χ4v) is 1.43. The van der Waals surface area contributed by atoms with Gasteiger partial charge in [-0.25, -0.2) is 0 Å². The highest BCUT2D eigenvalue weighted by molar-refractivity contribution is 9.10. The first-order valence-electron chi connectivity index (χ1n) is 4.13. The molecule has 1 aromatic rings. The number of rotatable bonds is 4. The van der Waals surface area contributed by atoms with Gasteiger partial charge in [0.15, 0.2) is 0 Å². The number of halogens is 1. The third kappa shape index (κ3) is 3.03. The summed E-state index contributed by atoms with van der Waals surface area (Å²) < 4.78 is 4.99. The zero-order valence-corrected chi connectivity index (χ0v) is 9.32. The van der Waals surface area contributed by atoms with E-state index in [1.165, 1.54) is 0 Å². The maximum absolute atomic E-state index is 10.6. The van der Waals surface area contributed by atoms with Gasteiger partial charge < -0.3 is 9.84 Å². The van der Waals surface area contributed by atoms with Crippen LogP contribution in [0.25, 0.3) is 0 Å². The molecule has 0 aromatic heterocycles. The normalized spacial score (nSPS) is 12.1. The topological polar surface area (TPSA) is 46.5 Å². The van der Waals surface area contributed by atoms with Crippen LogP contribution in [-0.2, 0) is 11.2 Å². The molecule has 1 rings (SSSR count). The minimum Gasteiger partial charge on any atom is -0.497 e. The number of benzene rings is 1. The van der Waals surface area contributed by atoms with E-state index >= 15 is 0 Å². The minimum atomic E-state index is -0.846. The number of aliphatic carboxylic acids is 1. The van der Waals surface area contributed by atoms with Crippen LogP contribution in [0.2, 0.25) is 0 Å². The van der Waals surface area contributed by atoms with Crippen molar-refractivity contribution in [2.45, 2.75) is 11.2 Å². The number of carboxylic acids is 1. The molecule has 0 aliphatic rings. The zero-order chi connectivity index (χ0) is 10.6. The highest BCUT2D eigenvalue weighted by Gasteiger charge is 2.13. The first-order valence-corrected chi connectivity index (χ1v) is 5.05. The first-order chi connectivity index (χ1) is 6.63. The maximum Gasteiger partial charge on any atom is 0.317 e. The van der Waals surface area contributed by atoms with Gasteiger partial charge in [0, 0.05) is 0 Å². The van der Waals surface area contributed by atoms with Crippen molar-refractivity contribution < 1.29 is 14.6 Å². The second kappa shape index (κ2) is 5.00. The Balaban J connectivity index is 2.64. The summed E-state index contributed by atoms with van der Waals surface area (Å²) >= 11 is 3.08. The van der Waals surface area contributed by atoms with E-state index in [0.717, 1.165) is 11.3 Å². The lowest BCUT2D eigenvalue weighted by molar-refractivity contribution is -0.136. The van der Waals surface area contributed by atoms with Crippen molar-refractivity contribution in [1.29, 1.82) is 0 Å². The second-order valence-electron chi connectivity index (χ2n) is 2.86. The molecule has 0 aliphatic carbocycles. The highest BCUT2D eigenvalue weighted by atomic mass is 79.9. The Hall–Kier alpha value is -1.03. The highest BCUT2D eigenvalue weighted by Crippen LogP contribution is 2.15. The van der Waals surface area contributed by atoms with Crippen molar-refractivity contribution in [1.82, 2.24) is 0 Å².